The molecule has 0 bridgehead atoms. The van der Waals surface area contributed by atoms with E-state index < -0.39 is 0 Å². The zero-order chi connectivity index (χ0) is 18.4. The molecule has 0 aromatic carbocycles. The summed E-state index contributed by atoms with van der Waals surface area (Å²) in [6.45, 7) is 2.38. The van der Waals surface area contributed by atoms with E-state index in [0.717, 1.165) is 24.6 Å². The standard InChI is InChI=1S/C19H18N6O2/c26-16-4-3-7-20-18(16)24-12-15-14(19(24)27)11-25(22-15)13-5-6-17(21-10-13)23-8-1-2-9-23/h3-7,10-11,26H,1-2,8-9,12H2. The molecule has 1 amide bonds. The van der Waals surface area contributed by atoms with E-state index in [1.807, 2.05) is 12.1 Å². The normalized spacial score (nSPS) is 16.2. The molecule has 1 N–H and O–H groups in total. The number of hydrogen-bond donors (Lipinski definition) is 1. The summed E-state index contributed by atoms with van der Waals surface area (Å²) in [5.74, 6) is 0.991. The van der Waals surface area contributed by atoms with Crippen LogP contribution in [0.5, 0.6) is 5.75 Å². The van der Waals surface area contributed by atoms with E-state index in [2.05, 4.69) is 20.0 Å². The van der Waals surface area contributed by atoms with Crippen molar-refractivity contribution in [2.24, 2.45) is 0 Å². The molecule has 5 rings (SSSR count). The summed E-state index contributed by atoms with van der Waals surface area (Å²) in [6.07, 6.45) is 7.46. The van der Waals surface area contributed by atoms with Crippen molar-refractivity contribution in [2.75, 3.05) is 22.9 Å². The number of amides is 1. The Kier molecular flexibility index (Phi) is 3.56. The van der Waals surface area contributed by atoms with Crippen molar-refractivity contribution < 1.29 is 9.90 Å². The largest absolute Gasteiger partial charge is 0.504 e. The second-order valence-corrected chi connectivity index (χ2v) is 6.74. The van der Waals surface area contributed by atoms with Crippen LogP contribution in [0.1, 0.15) is 28.9 Å². The number of carbonyl (C=O) groups is 1. The van der Waals surface area contributed by atoms with Gasteiger partial charge >= 0.3 is 0 Å². The Hall–Kier alpha value is -3.42. The van der Waals surface area contributed by atoms with Crippen LogP contribution in [0, 0.1) is 0 Å². The number of fused-ring (bicyclic) bond motifs is 1. The molecule has 3 aromatic rings. The van der Waals surface area contributed by atoms with Gasteiger partial charge in [-0.3, -0.25) is 9.69 Å². The first-order valence-electron chi connectivity index (χ1n) is 8.96. The number of hydrogen-bond acceptors (Lipinski definition) is 6. The predicted octanol–water partition coefficient (Wildman–Crippen LogP) is 2.13. The number of carbonyl (C=O) groups excluding carboxylic acids is 1. The molecule has 0 atom stereocenters. The first-order valence-corrected chi connectivity index (χ1v) is 8.96. The maximum Gasteiger partial charge on any atom is 0.263 e. The van der Waals surface area contributed by atoms with Crippen LogP contribution in [0.3, 0.4) is 0 Å². The van der Waals surface area contributed by atoms with Crippen LogP contribution < -0.4 is 9.80 Å². The van der Waals surface area contributed by atoms with E-state index >= 15 is 0 Å². The molecule has 0 radical (unpaired) electrons. The van der Waals surface area contributed by atoms with Gasteiger partial charge in [0.15, 0.2) is 11.6 Å². The third-order valence-electron chi connectivity index (χ3n) is 5.02. The Morgan fingerprint density at radius 3 is 2.63 bits per heavy atom. The monoisotopic (exact) mass is 362 g/mol. The van der Waals surface area contributed by atoms with Gasteiger partial charge in [0.05, 0.1) is 29.7 Å². The zero-order valence-electron chi connectivity index (χ0n) is 14.6. The van der Waals surface area contributed by atoms with Crippen LogP contribution in [-0.2, 0) is 6.54 Å². The van der Waals surface area contributed by atoms with Gasteiger partial charge in [-0.25, -0.2) is 14.6 Å². The highest BCUT2D eigenvalue weighted by molar-refractivity contribution is 6.09. The number of aromatic nitrogens is 4. The van der Waals surface area contributed by atoms with E-state index in [4.69, 9.17) is 0 Å². The average molecular weight is 362 g/mol. The highest BCUT2D eigenvalue weighted by Gasteiger charge is 2.34. The number of rotatable bonds is 3. The molecular weight excluding hydrogens is 344 g/mol. The lowest BCUT2D eigenvalue weighted by Gasteiger charge is -2.16. The van der Waals surface area contributed by atoms with Gasteiger partial charge in [0, 0.05) is 25.5 Å². The quantitative estimate of drug-likeness (QED) is 0.768. The minimum absolute atomic E-state index is 0.0226. The molecule has 0 saturated carbocycles. The van der Waals surface area contributed by atoms with Gasteiger partial charge in [-0.2, -0.15) is 5.10 Å². The Bertz CT molecular complexity index is 1010. The molecule has 1 saturated heterocycles. The van der Waals surface area contributed by atoms with Crippen molar-refractivity contribution in [3.63, 3.8) is 0 Å². The Morgan fingerprint density at radius 1 is 1.07 bits per heavy atom. The summed E-state index contributed by atoms with van der Waals surface area (Å²) in [5.41, 5.74) is 1.99. The van der Waals surface area contributed by atoms with Crippen molar-refractivity contribution in [1.29, 1.82) is 0 Å². The molecule has 0 aliphatic carbocycles. The molecule has 0 spiro atoms. The third kappa shape index (κ3) is 2.61. The van der Waals surface area contributed by atoms with Crippen molar-refractivity contribution in [3.05, 3.63) is 54.1 Å². The molecule has 1 fully saturated rings. The maximum absolute atomic E-state index is 12.7. The van der Waals surface area contributed by atoms with E-state index in [1.165, 1.54) is 23.8 Å². The van der Waals surface area contributed by atoms with Crippen LogP contribution in [0.15, 0.2) is 42.9 Å². The molecular formula is C19H18N6O2. The summed E-state index contributed by atoms with van der Waals surface area (Å²) < 4.78 is 1.68. The maximum atomic E-state index is 12.7. The van der Waals surface area contributed by atoms with Gasteiger partial charge in [-0.05, 0) is 37.1 Å². The lowest BCUT2D eigenvalue weighted by atomic mass is 10.3. The fraction of sp³-hybridized carbons (Fsp3) is 0.263. The van der Waals surface area contributed by atoms with E-state index in [-0.39, 0.29) is 24.0 Å². The molecule has 2 aliphatic heterocycles. The summed E-state index contributed by atoms with van der Waals surface area (Å²) in [7, 11) is 0. The summed E-state index contributed by atoms with van der Waals surface area (Å²) in [4.78, 5) is 25.1. The number of nitrogens with zero attached hydrogens (tertiary/aromatic N) is 6. The topological polar surface area (TPSA) is 87.4 Å². The second kappa shape index (κ2) is 6.08. The van der Waals surface area contributed by atoms with Crippen LogP contribution in [0.2, 0.25) is 0 Å². The SMILES string of the molecule is O=C1c2cn(-c3ccc(N4CCCC4)nc3)nc2CN1c1ncccc1O. The van der Waals surface area contributed by atoms with Gasteiger partial charge in [0.2, 0.25) is 0 Å². The van der Waals surface area contributed by atoms with Crippen molar-refractivity contribution in [2.45, 2.75) is 19.4 Å². The number of pyridine rings is 2. The lowest BCUT2D eigenvalue weighted by molar-refractivity contribution is 0.0995. The second-order valence-electron chi connectivity index (χ2n) is 6.74. The van der Waals surface area contributed by atoms with Crippen LogP contribution in [0.4, 0.5) is 11.6 Å². The average Bonchev–Trinajstić information content (AvgIpc) is 3.41. The minimum Gasteiger partial charge on any atom is -0.504 e. The fourth-order valence-electron chi connectivity index (χ4n) is 3.62. The first kappa shape index (κ1) is 15.8. The molecule has 8 heteroatoms. The minimum atomic E-state index is -0.216. The Morgan fingerprint density at radius 2 is 1.93 bits per heavy atom. The van der Waals surface area contributed by atoms with Gasteiger partial charge in [0.1, 0.15) is 5.82 Å². The first-order chi connectivity index (χ1) is 13.2. The molecule has 2 aliphatic rings. The molecule has 3 aromatic heterocycles. The third-order valence-corrected chi connectivity index (χ3v) is 5.02. The van der Waals surface area contributed by atoms with Gasteiger partial charge in [-0.15, -0.1) is 0 Å². The highest BCUT2D eigenvalue weighted by Crippen LogP contribution is 2.32. The predicted molar refractivity (Wildman–Crippen MR) is 99.2 cm³/mol. The van der Waals surface area contributed by atoms with E-state index in [9.17, 15) is 9.90 Å². The van der Waals surface area contributed by atoms with Gasteiger partial charge < -0.3 is 10.0 Å². The van der Waals surface area contributed by atoms with E-state index in [0.29, 0.717) is 11.3 Å². The highest BCUT2D eigenvalue weighted by atomic mass is 16.3. The van der Waals surface area contributed by atoms with Crippen molar-refractivity contribution >= 4 is 17.5 Å². The van der Waals surface area contributed by atoms with Crippen LogP contribution >= 0.6 is 0 Å². The Balaban J connectivity index is 1.40. The molecule has 5 heterocycles. The van der Waals surface area contributed by atoms with E-state index in [1.54, 1.807) is 29.3 Å². The number of anilines is 2. The zero-order valence-corrected chi connectivity index (χ0v) is 14.6. The summed E-state index contributed by atoms with van der Waals surface area (Å²) in [5, 5.41) is 14.5. The smallest absolute Gasteiger partial charge is 0.263 e. The summed E-state index contributed by atoms with van der Waals surface area (Å²) in [6, 6.07) is 7.10. The van der Waals surface area contributed by atoms with Crippen molar-refractivity contribution in [3.8, 4) is 11.4 Å². The fourth-order valence-corrected chi connectivity index (χ4v) is 3.62. The lowest BCUT2D eigenvalue weighted by Crippen LogP contribution is -2.24. The molecule has 136 valence electrons. The molecule has 27 heavy (non-hydrogen) atoms. The molecule has 0 unspecified atom stereocenters. The van der Waals surface area contributed by atoms with Crippen molar-refractivity contribution in [1.82, 2.24) is 19.7 Å². The van der Waals surface area contributed by atoms with Gasteiger partial charge in [-0.1, -0.05) is 0 Å². The van der Waals surface area contributed by atoms with Crippen LogP contribution in [-0.4, -0.2) is 43.9 Å². The van der Waals surface area contributed by atoms with Gasteiger partial charge in [0.25, 0.3) is 5.91 Å². The van der Waals surface area contributed by atoms with Crippen LogP contribution in [0.25, 0.3) is 5.69 Å². The number of aromatic hydroxyl groups is 1. The Labute approximate surface area is 155 Å². The summed E-state index contributed by atoms with van der Waals surface area (Å²) >= 11 is 0. The molecule has 8 nitrogen and oxygen atoms in total.